The van der Waals surface area contributed by atoms with Crippen LogP contribution in [0.4, 0.5) is 0 Å². The SMILES string of the molecule is CN1CCC[C@H]1c1cc2cccnc2o1.Cl. The van der Waals surface area contributed by atoms with Crippen LogP contribution in [-0.2, 0) is 0 Å². The number of fused-ring (bicyclic) bond motifs is 1. The molecule has 0 radical (unpaired) electrons. The highest BCUT2D eigenvalue weighted by Crippen LogP contribution is 2.33. The monoisotopic (exact) mass is 238 g/mol. The predicted octanol–water partition coefficient (Wildman–Crippen LogP) is 3.02. The Bertz CT molecular complexity index is 450. The van der Waals surface area contributed by atoms with E-state index in [4.69, 9.17) is 4.42 Å². The summed E-state index contributed by atoms with van der Waals surface area (Å²) in [5.74, 6) is 1.06. The van der Waals surface area contributed by atoms with E-state index in [9.17, 15) is 0 Å². The summed E-state index contributed by atoms with van der Waals surface area (Å²) >= 11 is 0. The number of hydrogen-bond acceptors (Lipinski definition) is 3. The van der Waals surface area contributed by atoms with Crippen LogP contribution in [0.25, 0.3) is 11.1 Å². The zero-order valence-electron chi connectivity index (χ0n) is 9.22. The molecule has 0 aromatic carbocycles. The first kappa shape index (κ1) is 11.4. The van der Waals surface area contributed by atoms with Crippen molar-refractivity contribution in [3.63, 3.8) is 0 Å². The molecule has 1 saturated heterocycles. The average Bonchev–Trinajstić information content (AvgIpc) is 2.82. The molecule has 1 fully saturated rings. The van der Waals surface area contributed by atoms with Gasteiger partial charge in [-0.15, -0.1) is 12.4 Å². The number of likely N-dealkylation sites (tertiary alicyclic amines) is 1. The van der Waals surface area contributed by atoms with Gasteiger partial charge in [0.2, 0.25) is 5.71 Å². The van der Waals surface area contributed by atoms with Crippen molar-refractivity contribution in [2.24, 2.45) is 0 Å². The summed E-state index contributed by atoms with van der Waals surface area (Å²) in [6, 6.07) is 6.55. The second-order valence-corrected chi connectivity index (χ2v) is 4.19. The van der Waals surface area contributed by atoms with Crippen molar-refractivity contribution in [1.82, 2.24) is 9.88 Å². The number of aromatic nitrogens is 1. The number of hydrogen-bond donors (Lipinski definition) is 0. The molecule has 0 unspecified atom stereocenters. The van der Waals surface area contributed by atoms with Crippen molar-refractivity contribution < 1.29 is 4.42 Å². The number of furan rings is 1. The van der Waals surface area contributed by atoms with Gasteiger partial charge < -0.3 is 4.42 Å². The fourth-order valence-corrected chi connectivity index (χ4v) is 2.33. The third-order valence-corrected chi connectivity index (χ3v) is 3.16. The molecule has 0 aliphatic carbocycles. The highest BCUT2D eigenvalue weighted by atomic mass is 35.5. The maximum Gasteiger partial charge on any atom is 0.226 e. The maximum absolute atomic E-state index is 5.77. The first-order chi connectivity index (χ1) is 7.34. The second kappa shape index (κ2) is 4.44. The molecule has 0 bridgehead atoms. The molecule has 2 aromatic heterocycles. The van der Waals surface area contributed by atoms with E-state index in [1.54, 1.807) is 6.20 Å². The molecule has 1 atom stereocenters. The minimum atomic E-state index is 0. The molecule has 2 aromatic rings. The van der Waals surface area contributed by atoms with E-state index < -0.39 is 0 Å². The lowest BCUT2D eigenvalue weighted by molar-refractivity contribution is 0.280. The quantitative estimate of drug-likeness (QED) is 0.765. The second-order valence-electron chi connectivity index (χ2n) is 4.19. The van der Waals surface area contributed by atoms with Crippen LogP contribution < -0.4 is 0 Å². The van der Waals surface area contributed by atoms with Crippen molar-refractivity contribution >= 4 is 23.5 Å². The Morgan fingerprint density at radius 3 is 3.06 bits per heavy atom. The molecule has 0 saturated carbocycles. The number of nitrogens with zero attached hydrogens (tertiary/aromatic N) is 2. The van der Waals surface area contributed by atoms with Gasteiger partial charge in [-0.05, 0) is 44.6 Å². The number of pyridine rings is 1. The van der Waals surface area contributed by atoms with Gasteiger partial charge in [-0.3, -0.25) is 4.90 Å². The van der Waals surface area contributed by atoms with E-state index in [0.29, 0.717) is 6.04 Å². The molecule has 3 nitrogen and oxygen atoms in total. The Balaban J connectivity index is 0.000000963. The molecule has 4 heteroatoms. The highest BCUT2D eigenvalue weighted by Gasteiger charge is 2.25. The van der Waals surface area contributed by atoms with Gasteiger partial charge in [0, 0.05) is 11.6 Å². The fraction of sp³-hybridized carbons (Fsp3) is 0.417. The molecule has 0 amide bonds. The molecule has 3 rings (SSSR count). The number of rotatable bonds is 1. The summed E-state index contributed by atoms with van der Waals surface area (Å²) < 4.78 is 5.77. The van der Waals surface area contributed by atoms with E-state index in [1.807, 2.05) is 12.1 Å². The van der Waals surface area contributed by atoms with E-state index in [0.717, 1.165) is 23.4 Å². The molecule has 86 valence electrons. The van der Waals surface area contributed by atoms with Crippen LogP contribution in [0.1, 0.15) is 24.6 Å². The van der Waals surface area contributed by atoms with Crippen LogP contribution in [0.15, 0.2) is 28.8 Å². The standard InChI is InChI=1S/C12H14N2O.ClH/c1-14-7-3-5-10(14)11-8-9-4-2-6-13-12(9)15-11;/h2,4,6,8,10H,3,5,7H2,1H3;1H/t10-;/m0./s1. The van der Waals surface area contributed by atoms with Crippen LogP contribution in [0.2, 0.25) is 0 Å². The van der Waals surface area contributed by atoms with Crippen molar-refractivity contribution in [3.05, 3.63) is 30.2 Å². The lowest BCUT2D eigenvalue weighted by atomic mass is 10.1. The van der Waals surface area contributed by atoms with Crippen molar-refractivity contribution in [2.45, 2.75) is 18.9 Å². The zero-order valence-corrected chi connectivity index (χ0v) is 10.0. The van der Waals surface area contributed by atoms with Crippen molar-refractivity contribution in [3.8, 4) is 0 Å². The van der Waals surface area contributed by atoms with Gasteiger partial charge >= 0.3 is 0 Å². The first-order valence-electron chi connectivity index (χ1n) is 5.39. The summed E-state index contributed by atoms with van der Waals surface area (Å²) in [7, 11) is 2.15. The van der Waals surface area contributed by atoms with Crippen LogP contribution in [0, 0.1) is 0 Å². The van der Waals surface area contributed by atoms with Gasteiger partial charge in [0.25, 0.3) is 0 Å². The highest BCUT2D eigenvalue weighted by molar-refractivity contribution is 5.85. The summed E-state index contributed by atoms with van der Waals surface area (Å²) in [5, 5.41) is 1.10. The van der Waals surface area contributed by atoms with Gasteiger partial charge in [-0.25, -0.2) is 4.98 Å². The van der Waals surface area contributed by atoms with Gasteiger partial charge in [0.1, 0.15) is 5.76 Å². The molecule has 16 heavy (non-hydrogen) atoms. The maximum atomic E-state index is 5.77. The molecule has 0 N–H and O–H groups in total. The van der Waals surface area contributed by atoms with E-state index in [-0.39, 0.29) is 12.4 Å². The Labute approximate surface area is 101 Å². The van der Waals surface area contributed by atoms with Gasteiger partial charge in [-0.1, -0.05) is 0 Å². The molecular weight excluding hydrogens is 224 g/mol. The minimum Gasteiger partial charge on any atom is -0.441 e. The van der Waals surface area contributed by atoms with E-state index in [2.05, 4.69) is 23.0 Å². The van der Waals surface area contributed by atoms with Crippen molar-refractivity contribution in [1.29, 1.82) is 0 Å². The smallest absolute Gasteiger partial charge is 0.226 e. The molecule has 3 heterocycles. The Hall–Kier alpha value is -1.06. The Morgan fingerprint density at radius 2 is 2.38 bits per heavy atom. The lowest BCUT2D eigenvalue weighted by Gasteiger charge is -2.16. The number of halogens is 1. The summed E-state index contributed by atoms with van der Waals surface area (Å²) in [4.78, 5) is 6.56. The molecular formula is C12H15ClN2O. The van der Waals surface area contributed by atoms with Gasteiger partial charge in [-0.2, -0.15) is 0 Å². The minimum absolute atomic E-state index is 0. The lowest BCUT2D eigenvalue weighted by Crippen LogP contribution is -2.16. The first-order valence-corrected chi connectivity index (χ1v) is 5.39. The summed E-state index contributed by atoms with van der Waals surface area (Å²) in [5.41, 5.74) is 0.757. The normalized spacial score (nSPS) is 21.2. The van der Waals surface area contributed by atoms with E-state index in [1.165, 1.54) is 12.8 Å². The van der Waals surface area contributed by atoms with Crippen LogP contribution in [0.3, 0.4) is 0 Å². The largest absolute Gasteiger partial charge is 0.441 e. The van der Waals surface area contributed by atoms with Crippen LogP contribution in [0.5, 0.6) is 0 Å². The predicted molar refractivity (Wildman–Crippen MR) is 65.9 cm³/mol. The fourth-order valence-electron chi connectivity index (χ4n) is 2.33. The van der Waals surface area contributed by atoms with Gasteiger partial charge in [0.15, 0.2) is 0 Å². The van der Waals surface area contributed by atoms with Crippen LogP contribution in [-0.4, -0.2) is 23.5 Å². The van der Waals surface area contributed by atoms with Crippen LogP contribution >= 0.6 is 12.4 Å². The summed E-state index contributed by atoms with van der Waals surface area (Å²) in [6.45, 7) is 1.16. The third-order valence-electron chi connectivity index (χ3n) is 3.16. The summed E-state index contributed by atoms with van der Waals surface area (Å²) in [6.07, 6.45) is 4.22. The van der Waals surface area contributed by atoms with E-state index >= 15 is 0 Å². The van der Waals surface area contributed by atoms with Crippen molar-refractivity contribution in [2.75, 3.05) is 13.6 Å². The molecule has 1 aliphatic heterocycles. The van der Waals surface area contributed by atoms with Gasteiger partial charge in [0.05, 0.1) is 6.04 Å². The topological polar surface area (TPSA) is 29.3 Å². The Morgan fingerprint density at radius 1 is 1.50 bits per heavy atom. The third kappa shape index (κ3) is 1.81. The Kier molecular flexibility index (Phi) is 3.17. The molecule has 1 aliphatic rings. The zero-order chi connectivity index (χ0) is 10.3. The average molecular weight is 239 g/mol. The molecule has 0 spiro atoms.